The maximum absolute atomic E-state index is 12.3. The summed E-state index contributed by atoms with van der Waals surface area (Å²) < 4.78 is 24.7. The zero-order valence-corrected chi connectivity index (χ0v) is 4.95. The van der Waals surface area contributed by atoms with Crippen molar-refractivity contribution in [3.8, 4) is 0 Å². The molecule has 0 spiro atoms. The third-order valence-corrected chi connectivity index (χ3v) is 1.65. The van der Waals surface area contributed by atoms with Gasteiger partial charge in [0.05, 0.1) is 0 Å². The molecule has 0 saturated heterocycles. The molecule has 0 atom stereocenters. The Bertz CT molecular complexity index is 84.5. The summed E-state index contributed by atoms with van der Waals surface area (Å²) in [5, 5.41) is 0. The van der Waals surface area contributed by atoms with Crippen LogP contribution in [0.25, 0.3) is 0 Å². The lowest BCUT2D eigenvalue weighted by molar-refractivity contribution is -0.0258. The van der Waals surface area contributed by atoms with E-state index in [-0.39, 0.29) is 12.3 Å². The molecule has 48 valence electrons. The highest BCUT2D eigenvalue weighted by Gasteiger charge is 2.44. The molecule has 0 bridgehead atoms. The highest BCUT2D eigenvalue weighted by molar-refractivity contribution is 4.86. The van der Waals surface area contributed by atoms with Crippen LogP contribution in [0.3, 0.4) is 0 Å². The molecular weight excluding hydrogens is 110 g/mol. The van der Waals surface area contributed by atoms with Crippen LogP contribution in [-0.2, 0) is 0 Å². The van der Waals surface area contributed by atoms with Crippen LogP contribution in [0, 0.1) is 5.92 Å². The maximum atomic E-state index is 12.3. The fraction of sp³-hybridized carbons (Fsp3) is 1.00. The van der Waals surface area contributed by atoms with Gasteiger partial charge in [0.1, 0.15) is 0 Å². The largest absolute Gasteiger partial charge is 0.250 e. The normalized spacial score (nSPS) is 21.4. The standard InChI is InChI=1S/C6H10F2/c1-2-6(7,8)5-3-4-5/h5H,2-4H2,1H3. The average Bonchev–Trinajstić information content (AvgIpc) is 2.44. The van der Waals surface area contributed by atoms with E-state index in [0.717, 1.165) is 12.8 Å². The molecule has 1 rings (SSSR count). The second-order valence-electron chi connectivity index (χ2n) is 2.39. The Labute approximate surface area is 47.9 Å². The smallest absolute Gasteiger partial charge is 0.207 e. The Hall–Kier alpha value is -0.140. The van der Waals surface area contributed by atoms with E-state index in [4.69, 9.17) is 0 Å². The Kier molecular flexibility index (Phi) is 1.25. The van der Waals surface area contributed by atoms with Gasteiger partial charge in [0.15, 0.2) is 0 Å². The van der Waals surface area contributed by atoms with Crippen molar-refractivity contribution in [2.45, 2.75) is 32.1 Å². The minimum absolute atomic E-state index is 0.0116. The first-order valence-electron chi connectivity index (χ1n) is 3.04. The zero-order chi connectivity index (χ0) is 6.20. The summed E-state index contributed by atoms with van der Waals surface area (Å²) in [6, 6.07) is 0. The monoisotopic (exact) mass is 120 g/mol. The molecule has 1 fully saturated rings. The van der Waals surface area contributed by atoms with Gasteiger partial charge in [-0.25, -0.2) is 8.78 Å². The first kappa shape index (κ1) is 5.99. The number of hydrogen-bond acceptors (Lipinski definition) is 0. The molecule has 0 aromatic carbocycles. The topological polar surface area (TPSA) is 0 Å². The molecule has 1 saturated carbocycles. The summed E-state index contributed by atoms with van der Waals surface area (Å²) in [6.45, 7) is 1.54. The third kappa shape index (κ3) is 0.984. The lowest BCUT2D eigenvalue weighted by Gasteiger charge is -2.10. The molecule has 0 unspecified atom stereocenters. The van der Waals surface area contributed by atoms with E-state index >= 15 is 0 Å². The Morgan fingerprint density at radius 1 is 1.50 bits per heavy atom. The van der Waals surface area contributed by atoms with Gasteiger partial charge in [-0.1, -0.05) is 6.92 Å². The number of rotatable bonds is 2. The van der Waals surface area contributed by atoms with Crippen LogP contribution in [0.2, 0.25) is 0 Å². The van der Waals surface area contributed by atoms with Gasteiger partial charge in [-0.05, 0) is 12.8 Å². The lowest BCUT2D eigenvalue weighted by atomic mass is 10.2. The van der Waals surface area contributed by atoms with Crippen molar-refractivity contribution in [2.75, 3.05) is 0 Å². The molecule has 0 nitrogen and oxygen atoms in total. The molecule has 1 aliphatic carbocycles. The summed E-state index contributed by atoms with van der Waals surface area (Å²) in [6.07, 6.45) is 1.49. The van der Waals surface area contributed by atoms with E-state index < -0.39 is 5.92 Å². The molecule has 0 N–H and O–H groups in total. The van der Waals surface area contributed by atoms with E-state index in [0.29, 0.717) is 0 Å². The van der Waals surface area contributed by atoms with Crippen LogP contribution >= 0.6 is 0 Å². The zero-order valence-electron chi connectivity index (χ0n) is 4.95. The summed E-state index contributed by atoms with van der Waals surface area (Å²) >= 11 is 0. The van der Waals surface area contributed by atoms with Crippen LogP contribution < -0.4 is 0 Å². The van der Waals surface area contributed by atoms with Crippen molar-refractivity contribution in [3.05, 3.63) is 0 Å². The molecule has 0 aromatic heterocycles. The molecule has 8 heavy (non-hydrogen) atoms. The van der Waals surface area contributed by atoms with Crippen LogP contribution in [0.5, 0.6) is 0 Å². The van der Waals surface area contributed by atoms with Crippen molar-refractivity contribution >= 4 is 0 Å². The molecule has 1 aliphatic rings. The van der Waals surface area contributed by atoms with Crippen molar-refractivity contribution in [1.29, 1.82) is 0 Å². The fourth-order valence-corrected chi connectivity index (χ4v) is 0.794. The molecular formula is C6H10F2. The van der Waals surface area contributed by atoms with Crippen molar-refractivity contribution in [1.82, 2.24) is 0 Å². The predicted octanol–water partition coefficient (Wildman–Crippen LogP) is 2.44. The van der Waals surface area contributed by atoms with Gasteiger partial charge < -0.3 is 0 Å². The highest BCUT2D eigenvalue weighted by Crippen LogP contribution is 2.44. The third-order valence-electron chi connectivity index (χ3n) is 1.65. The van der Waals surface area contributed by atoms with Gasteiger partial charge in [-0.2, -0.15) is 0 Å². The quantitative estimate of drug-likeness (QED) is 0.525. The first-order valence-corrected chi connectivity index (χ1v) is 3.04. The molecule has 0 heterocycles. The van der Waals surface area contributed by atoms with Gasteiger partial charge >= 0.3 is 0 Å². The van der Waals surface area contributed by atoms with Crippen LogP contribution in [0.1, 0.15) is 26.2 Å². The summed E-state index contributed by atoms with van der Waals surface area (Å²) in [5.74, 6) is -2.62. The van der Waals surface area contributed by atoms with E-state index in [1.54, 1.807) is 6.92 Å². The van der Waals surface area contributed by atoms with Crippen molar-refractivity contribution in [3.63, 3.8) is 0 Å². The van der Waals surface area contributed by atoms with Crippen LogP contribution in [0.15, 0.2) is 0 Å². The summed E-state index contributed by atoms with van der Waals surface area (Å²) in [7, 11) is 0. The summed E-state index contributed by atoms with van der Waals surface area (Å²) in [4.78, 5) is 0. The minimum Gasteiger partial charge on any atom is -0.207 e. The van der Waals surface area contributed by atoms with E-state index in [1.165, 1.54) is 0 Å². The minimum atomic E-state index is -2.35. The van der Waals surface area contributed by atoms with Crippen molar-refractivity contribution in [2.24, 2.45) is 5.92 Å². The van der Waals surface area contributed by atoms with Gasteiger partial charge in [-0.15, -0.1) is 0 Å². The molecule has 0 radical (unpaired) electrons. The Morgan fingerprint density at radius 2 is 2.00 bits per heavy atom. The van der Waals surface area contributed by atoms with E-state index in [2.05, 4.69) is 0 Å². The lowest BCUT2D eigenvalue weighted by Crippen LogP contribution is -2.16. The molecule has 2 heteroatoms. The number of alkyl halides is 2. The predicted molar refractivity (Wildman–Crippen MR) is 28.0 cm³/mol. The van der Waals surface area contributed by atoms with Gasteiger partial charge in [0, 0.05) is 12.3 Å². The van der Waals surface area contributed by atoms with E-state index in [9.17, 15) is 8.78 Å². The first-order chi connectivity index (χ1) is 3.67. The number of halogens is 2. The maximum Gasteiger partial charge on any atom is 0.250 e. The fourth-order valence-electron chi connectivity index (χ4n) is 0.794. The van der Waals surface area contributed by atoms with Crippen LogP contribution in [0.4, 0.5) is 8.78 Å². The van der Waals surface area contributed by atoms with Crippen LogP contribution in [-0.4, -0.2) is 5.92 Å². The molecule has 0 aliphatic heterocycles. The molecule has 0 amide bonds. The SMILES string of the molecule is CCC(F)(F)C1CC1. The van der Waals surface area contributed by atoms with Gasteiger partial charge in [0.2, 0.25) is 0 Å². The van der Waals surface area contributed by atoms with Crippen molar-refractivity contribution < 1.29 is 8.78 Å². The second-order valence-corrected chi connectivity index (χ2v) is 2.39. The Balaban J connectivity index is 2.37. The van der Waals surface area contributed by atoms with Gasteiger partial charge in [0.25, 0.3) is 5.92 Å². The summed E-state index contributed by atoms with van der Waals surface area (Å²) in [5.41, 5.74) is 0. The molecule has 0 aromatic rings. The second kappa shape index (κ2) is 1.67. The van der Waals surface area contributed by atoms with E-state index in [1.807, 2.05) is 0 Å². The van der Waals surface area contributed by atoms with Gasteiger partial charge in [-0.3, -0.25) is 0 Å². The average molecular weight is 120 g/mol. The number of hydrogen-bond donors (Lipinski definition) is 0. The highest BCUT2D eigenvalue weighted by atomic mass is 19.3. The Morgan fingerprint density at radius 3 is 2.12 bits per heavy atom.